The lowest BCUT2D eigenvalue weighted by molar-refractivity contribution is 0.200. The smallest absolute Gasteiger partial charge is 0.317 e. The summed E-state index contributed by atoms with van der Waals surface area (Å²) in [6, 6.07) is 0.0476. The first-order chi connectivity index (χ1) is 8.36. The van der Waals surface area contributed by atoms with E-state index in [1.165, 1.54) is 19.2 Å². The summed E-state index contributed by atoms with van der Waals surface area (Å²) in [6.45, 7) is 2.37. The lowest BCUT2D eigenvalue weighted by atomic mass is 10.2. The van der Waals surface area contributed by atoms with Crippen LogP contribution in [0.4, 0.5) is 4.79 Å². The summed E-state index contributed by atoms with van der Waals surface area (Å²) in [7, 11) is 0. The Morgan fingerprint density at radius 3 is 2.76 bits per heavy atom. The molecular weight excluding hydrogens is 218 g/mol. The number of aromatic nitrogens is 3. The summed E-state index contributed by atoms with van der Waals surface area (Å²) in [4.78, 5) is 17.8. The SMILES string of the molecule is O=C(NCCc1ncn[nH]1)N1CCCCCC1. The van der Waals surface area contributed by atoms with Crippen LogP contribution in [0.15, 0.2) is 6.33 Å². The number of H-pyrrole nitrogens is 1. The maximum atomic E-state index is 11.8. The van der Waals surface area contributed by atoms with Gasteiger partial charge in [-0.3, -0.25) is 5.10 Å². The van der Waals surface area contributed by atoms with E-state index >= 15 is 0 Å². The molecule has 1 aromatic rings. The highest BCUT2D eigenvalue weighted by Crippen LogP contribution is 2.09. The lowest BCUT2D eigenvalue weighted by Crippen LogP contribution is -2.41. The molecular formula is C11H19N5O. The van der Waals surface area contributed by atoms with E-state index in [9.17, 15) is 4.79 Å². The van der Waals surface area contributed by atoms with E-state index in [1.807, 2.05) is 4.90 Å². The van der Waals surface area contributed by atoms with Gasteiger partial charge in [0.05, 0.1) is 0 Å². The Hall–Kier alpha value is -1.59. The molecule has 94 valence electrons. The van der Waals surface area contributed by atoms with E-state index in [2.05, 4.69) is 20.5 Å². The second-order valence-corrected chi connectivity index (χ2v) is 4.32. The molecule has 1 aromatic heterocycles. The number of urea groups is 1. The molecule has 0 spiro atoms. The second kappa shape index (κ2) is 6.22. The molecule has 1 aliphatic heterocycles. The molecule has 2 rings (SSSR count). The van der Waals surface area contributed by atoms with Gasteiger partial charge in [0.25, 0.3) is 0 Å². The fourth-order valence-corrected chi connectivity index (χ4v) is 2.02. The van der Waals surface area contributed by atoms with Crippen LogP contribution in [-0.4, -0.2) is 45.7 Å². The Labute approximate surface area is 101 Å². The maximum Gasteiger partial charge on any atom is 0.317 e. The quantitative estimate of drug-likeness (QED) is 0.821. The first-order valence-electron chi connectivity index (χ1n) is 6.23. The maximum absolute atomic E-state index is 11.8. The molecule has 1 saturated heterocycles. The fraction of sp³-hybridized carbons (Fsp3) is 0.727. The zero-order valence-electron chi connectivity index (χ0n) is 9.98. The van der Waals surface area contributed by atoms with E-state index in [1.54, 1.807) is 0 Å². The van der Waals surface area contributed by atoms with Gasteiger partial charge in [0.2, 0.25) is 0 Å². The number of hydrogen-bond acceptors (Lipinski definition) is 3. The molecule has 0 aliphatic carbocycles. The molecule has 0 unspecified atom stereocenters. The van der Waals surface area contributed by atoms with Crippen LogP contribution < -0.4 is 5.32 Å². The summed E-state index contributed by atoms with van der Waals surface area (Å²) >= 11 is 0. The number of carbonyl (C=O) groups is 1. The van der Waals surface area contributed by atoms with Crippen molar-refractivity contribution in [3.05, 3.63) is 12.2 Å². The third-order valence-electron chi connectivity index (χ3n) is 3.00. The van der Waals surface area contributed by atoms with Gasteiger partial charge in [0, 0.05) is 26.1 Å². The molecule has 6 heteroatoms. The Balaban J connectivity index is 1.69. The molecule has 0 saturated carbocycles. The van der Waals surface area contributed by atoms with Crippen molar-refractivity contribution in [2.75, 3.05) is 19.6 Å². The van der Waals surface area contributed by atoms with Crippen molar-refractivity contribution in [3.8, 4) is 0 Å². The van der Waals surface area contributed by atoms with Gasteiger partial charge >= 0.3 is 6.03 Å². The number of amides is 2. The van der Waals surface area contributed by atoms with Crippen LogP contribution in [0.1, 0.15) is 31.5 Å². The third kappa shape index (κ3) is 3.72. The van der Waals surface area contributed by atoms with Crippen LogP contribution in [0.5, 0.6) is 0 Å². The molecule has 0 aromatic carbocycles. The molecule has 2 heterocycles. The average molecular weight is 237 g/mol. The average Bonchev–Trinajstić information content (AvgIpc) is 2.69. The first kappa shape index (κ1) is 11.9. The number of nitrogens with zero attached hydrogens (tertiary/aromatic N) is 3. The first-order valence-corrected chi connectivity index (χ1v) is 6.23. The van der Waals surface area contributed by atoms with Crippen molar-refractivity contribution in [1.29, 1.82) is 0 Å². The van der Waals surface area contributed by atoms with Crippen molar-refractivity contribution in [3.63, 3.8) is 0 Å². The number of hydrogen-bond donors (Lipinski definition) is 2. The summed E-state index contributed by atoms with van der Waals surface area (Å²) in [5, 5.41) is 9.45. The predicted octanol–water partition coefficient (Wildman–Crippen LogP) is 0.933. The Morgan fingerprint density at radius 2 is 2.12 bits per heavy atom. The van der Waals surface area contributed by atoms with E-state index in [4.69, 9.17) is 0 Å². The van der Waals surface area contributed by atoms with Crippen LogP contribution in [0.3, 0.4) is 0 Å². The van der Waals surface area contributed by atoms with Gasteiger partial charge in [-0.05, 0) is 12.8 Å². The van der Waals surface area contributed by atoms with Crippen molar-refractivity contribution in [2.45, 2.75) is 32.1 Å². The van der Waals surface area contributed by atoms with Gasteiger partial charge in [-0.1, -0.05) is 12.8 Å². The lowest BCUT2D eigenvalue weighted by Gasteiger charge is -2.20. The highest BCUT2D eigenvalue weighted by atomic mass is 16.2. The predicted molar refractivity (Wildman–Crippen MR) is 63.5 cm³/mol. The van der Waals surface area contributed by atoms with Crippen LogP contribution in [0.2, 0.25) is 0 Å². The Bertz CT molecular complexity index is 330. The highest BCUT2D eigenvalue weighted by molar-refractivity contribution is 5.74. The zero-order chi connectivity index (χ0) is 11.9. The van der Waals surface area contributed by atoms with Crippen LogP contribution in [0.25, 0.3) is 0 Å². The summed E-state index contributed by atoms with van der Waals surface area (Å²) < 4.78 is 0. The zero-order valence-corrected chi connectivity index (χ0v) is 9.98. The minimum absolute atomic E-state index is 0.0476. The highest BCUT2D eigenvalue weighted by Gasteiger charge is 2.14. The number of carbonyl (C=O) groups excluding carboxylic acids is 1. The van der Waals surface area contributed by atoms with Crippen molar-refractivity contribution in [2.24, 2.45) is 0 Å². The van der Waals surface area contributed by atoms with E-state index in [0.717, 1.165) is 31.8 Å². The second-order valence-electron chi connectivity index (χ2n) is 4.32. The summed E-state index contributed by atoms with van der Waals surface area (Å²) in [6.07, 6.45) is 6.89. The molecule has 6 nitrogen and oxygen atoms in total. The molecule has 2 amide bonds. The van der Waals surface area contributed by atoms with Gasteiger partial charge in [0.1, 0.15) is 12.2 Å². The van der Waals surface area contributed by atoms with Crippen LogP contribution in [0, 0.1) is 0 Å². The third-order valence-corrected chi connectivity index (χ3v) is 3.00. The van der Waals surface area contributed by atoms with Gasteiger partial charge < -0.3 is 10.2 Å². The molecule has 0 radical (unpaired) electrons. The van der Waals surface area contributed by atoms with Gasteiger partial charge in [-0.2, -0.15) is 5.10 Å². The van der Waals surface area contributed by atoms with E-state index in [-0.39, 0.29) is 6.03 Å². The van der Waals surface area contributed by atoms with Gasteiger partial charge in [-0.15, -0.1) is 0 Å². The number of aromatic amines is 1. The largest absolute Gasteiger partial charge is 0.338 e. The minimum Gasteiger partial charge on any atom is -0.338 e. The Kier molecular flexibility index (Phi) is 4.35. The topological polar surface area (TPSA) is 73.9 Å². The number of nitrogens with one attached hydrogen (secondary N) is 2. The Morgan fingerprint density at radius 1 is 1.35 bits per heavy atom. The monoisotopic (exact) mass is 237 g/mol. The van der Waals surface area contributed by atoms with Crippen molar-refractivity contribution < 1.29 is 4.79 Å². The standard InChI is InChI=1S/C11H19N5O/c17-11(16-7-3-1-2-4-8-16)12-6-5-10-13-9-14-15-10/h9H,1-8H2,(H,12,17)(H,13,14,15). The normalized spacial score (nSPS) is 16.6. The van der Waals surface area contributed by atoms with Crippen molar-refractivity contribution in [1.82, 2.24) is 25.4 Å². The van der Waals surface area contributed by atoms with E-state index < -0.39 is 0 Å². The van der Waals surface area contributed by atoms with Crippen LogP contribution in [-0.2, 0) is 6.42 Å². The molecule has 2 N–H and O–H groups in total. The van der Waals surface area contributed by atoms with Crippen LogP contribution >= 0.6 is 0 Å². The summed E-state index contributed by atoms with van der Waals surface area (Å²) in [5.41, 5.74) is 0. The van der Waals surface area contributed by atoms with Gasteiger partial charge in [0.15, 0.2) is 0 Å². The molecule has 17 heavy (non-hydrogen) atoms. The van der Waals surface area contributed by atoms with Gasteiger partial charge in [-0.25, -0.2) is 9.78 Å². The molecule has 0 bridgehead atoms. The molecule has 0 atom stereocenters. The number of likely N-dealkylation sites (tertiary alicyclic amines) is 1. The fourth-order valence-electron chi connectivity index (χ4n) is 2.02. The minimum atomic E-state index is 0.0476. The summed E-state index contributed by atoms with van der Waals surface area (Å²) in [5.74, 6) is 0.807. The molecule has 1 aliphatic rings. The number of rotatable bonds is 3. The van der Waals surface area contributed by atoms with E-state index in [0.29, 0.717) is 13.0 Å². The molecule has 1 fully saturated rings. The van der Waals surface area contributed by atoms with Crippen molar-refractivity contribution >= 4 is 6.03 Å².